The van der Waals surface area contributed by atoms with Crippen LogP contribution >= 0.6 is 27.3 Å². The molecule has 3 heteroatoms. The molecular formula is C16H18BrNS. The highest BCUT2D eigenvalue weighted by atomic mass is 79.9. The Hall–Kier alpha value is -0.640. The van der Waals surface area contributed by atoms with E-state index in [9.17, 15) is 0 Å². The van der Waals surface area contributed by atoms with Gasteiger partial charge in [0.05, 0.1) is 3.79 Å². The summed E-state index contributed by atoms with van der Waals surface area (Å²) < 4.78 is 1.22. The highest BCUT2D eigenvalue weighted by Gasteiger charge is 2.25. The first kappa shape index (κ1) is 13.3. The molecule has 0 amide bonds. The van der Waals surface area contributed by atoms with E-state index in [4.69, 9.17) is 0 Å². The van der Waals surface area contributed by atoms with Crippen molar-refractivity contribution in [3.8, 4) is 0 Å². The van der Waals surface area contributed by atoms with Crippen LogP contribution in [0.3, 0.4) is 0 Å². The lowest BCUT2D eigenvalue weighted by Gasteiger charge is -2.09. The Bertz CT molecular complexity index is 545. The first-order valence-corrected chi connectivity index (χ1v) is 8.46. The highest BCUT2D eigenvalue weighted by Crippen LogP contribution is 2.41. The molecule has 1 nitrogen and oxygen atoms in total. The first-order valence-electron chi connectivity index (χ1n) is 6.85. The minimum Gasteiger partial charge on any atom is -0.312 e. The molecule has 1 heterocycles. The fourth-order valence-corrected chi connectivity index (χ4v) is 3.89. The molecule has 0 aliphatic heterocycles. The van der Waals surface area contributed by atoms with Crippen LogP contribution in [0.5, 0.6) is 0 Å². The topological polar surface area (TPSA) is 12.0 Å². The number of nitrogens with one attached hydrogen (secondary N) is 1. The lowest BCUT2D eigenvalue weighted by atomic mass is 10.0. The predicted molar refractivity (Wildman–Crippen MR) is 85.8 cm³/mol. The summed E-state index contributed by atoms with van der Waals surface area (Å²) in [5.41, 5.74) is 3.05. The molecule has 1 N–H and O–H groups in total. The predicted octanol–water partition coefficient (Wildman–Crippen LogP) is 4.72. The quantitative estimate of drug-likeness (QED) is 0.753. The minimum absolute atomic E-state index is 0.839. The van der Waals surface area contributed by atoms with Crippen LogP contribution in [-0.4, -0.2) is 6.54 Å². The molecule has 1 aliphatic rings. The van der Waals surface area contributed by atoms with Crippen molar-refractivity contribution < 1.29 is 0 Å². The summed E-state index contributed by atoms with van der Waals surface area (Å²) in [7, 11) is 0. The molecule has 3 rings (SSSR count). The molecule has 1 saturated carbocycles. The first-order chi connectivity index (χ1) is 9.33. The number of rotatable bonds is 6. The summed E-state index contributed by atoms with van der Waals surface area (Å²) in [5.74, 6) is 0.839. The number of hydrogen-bond donors (Lipinski definition) is 1. The molecular weight excluding hydrogens is 318 g/mol. The van der Waals surface area contributed by atoms with E-state index in [1.807, 2.05) is 11.3 Å². The Kier molecular flexibility index (Phi) is 4.36. The normalized spacial score (nSPS) is 14.8. The van der Waals surface area contributed by atoms with Crippen LogP contribution < -0.4 is 5.32 Å². The summed E-state index contributed by atoms with van der Waals surface area (Å²) in [6, 6.07) is 13.2. The van der Waals surface area contributed by atoms with Gasteiger partial charge in [-0.2, -0.15) is 0 Å². The van der Waals surface area contributed by atoms with Crippen LogP contribution in [0.2, 0.25) is 0 Å². The van der Waals surface area contributed by atoms with Crippen LogP contribution in [0.1, 0.15) is 34.8 Å². The summed E-state index contributed by atoms with van der Waals surface area (Å²) in [4.78, 5) is 1.44. The molecule has 100 valence electrons. The molecule has 1 aromatic carbocycles. The van der Waals surface area contributed by atoms with Gasteiger partial charge < -0.3 is 5.32 Å². The minimum atomic E-state index is 0.839. The van der Waals surface area contributed by atoms with Gasteiger partial charge in [-0.05, 0) is 64.4 Å². The summed E-state index contributed by atoms with van der Waals surface area (Å²) in [6.45, 7) is 2.05. The number of benzene rings is 1. The van der Waals surface area contributed by atoms with Gasteiger partial charge in [0.1, 0.15) is 0 Å². The number of halogens is 1. The molecule has 0 spiro atoms. The molecule has 2 aromatic rings. The highest BCUT2D eigenvalue weighted by molar-refractivity contribution is 9.11. The van der Waals surface area contributed by atoms with Crippen LogP contribution in [-0.2, 0) is 13.0 Å². The van der Waals surface area contributed by atoms with Gasteiger partial charge in [0.2, 0.25) is 0 Å². The molecule has 1 fully saturated rings. The second-order valence-corrected chi connectivity index (χ2v) is 7.65. The maximum Gasteiger partial charge on any atom is 0.0701 e. The Balaban J connectivity index is 1.49. The molecule has 1 aliphatic carbocycles. The third kappa shape index (κ3) is 3.68. The molecule has 0 bridgehead atoms. The van der Waals surface area contributed by atoms with Crippen LogP contribution in [0, 0.1) is 0 Å². The van der Waals surface area contributed by atoms with E-state index in [-0.39, 0.29) is 0 Å². The Labute approximate surface area is 127 Å². The Morgan fingerprint density at radius 2 is 2.00 bits per heavy atom. The summed E-state index contributed by atoms with van der Waals surface area (Å²) in [6.07, 6.45) is 3.86. The van der Waals surface area contributed by atoms with E-state index in [0.717, 1.165) is 25.4 Å². The average molecular weight is 336 g/mol. The summed E-state index contributed by atoms with van der Waals surface area (Å²) >= 11 is 5.34. The lowest BCUT2D eigenvalue weighted by Crippen LogP contribution is -2.17. The van der Waals surface area contributed by atoms with Crippen molar-refractivity contribution in [2.24, 2.45) is 0 Å². The fourth-order valence-electron chi connectivity index (χ4n) is 2.41. The van der Waals surface area contributed by atoms with Gasteiger partial charge in [0.15, 0.2) is 0 Å². The van der Waals surface area contributed by atoms with Crippen molar-refractivity contribution in [1.82, 2.24) is 5.32 Å². The summed E-state index contributed by atoms with van der Waals surface area (Å²) in [5, 5.41) is 3.57. The zero-order valence-electron chi connectivity index (χ0n) is 10.9. The van der Waals surface area contributed by atoms with Crippen LogP contribution in [0.25, 0.3) is 0 Å². The van der Waals surface area contributed by atoms with E-state index in [1.54, 1.807) is 5.56 Å². The Morgan fingerprint density at radius 1 is 1.16 bits per heavy atom. The average Bonchev–Trinajstić information content (AvgIpc) is 3.19. The van der Waals surface area contributed by atoms with Gasteiger partial charge >= 0.3 is 0 Å². The second-order valence-electron chi connectivity index (χ2n) is 5.11. The maximum absolute atomic E-state index is 3.57. The van der Waals surface area contributed by atoms with E-state index < -0.39 is 0 Å². The molecule has 0 radical (unpaired) electrons. The van der Waals surface area contributed by atoms with E-state index in [2.05, 4.69) is 57.6 Å². The van der Waals surface area contributed by atoms with Gasteiger partial charge in [0, 0.05) is 18.0 Å². The van der Waals surface area contributed by atoms with Crippen molar-refractivity contribution in [3.05, 3.63) is 56.2 Å². The smallest absolute Gasteiger partial charge is 0.0701 e. The maximum atomic E-state index is 3.57. The van der Waals surface area contributed by atoms with Crippen LogP contribution in [0.15, 0.2) is 40.2 Å². The van der Waals surface area contributed by atoms with E-state index >= 15 is 0 Å². The van der Waals surface area contributed by atoms with Crippen molar-refractivity contribution >= 4 is 27.3 Å². The van der Waals surface area contributed by atoms with Gasteiger partial charge in [0.25, 0.3) is 0 Å². The standard InChI is InChI=1S/C16H18BrNS/c17-16-8-7-14(19-16)9-10-18-11-13-3-1-2-4-15(13)12-5-6-12/h1-4,7-8,12,18H,5-6,9-11H2. The van der Waals surface area contributed by atoms with Gasteiger partial charge in [-0.25, -0.2) is 0 Å². The third-order valence-corrected chi connectivity index (χ3v) is 5.25. The fraction of sp³-hybridized carbons (Fsp3) is 0.375. The van der Waals surface area contributed by atoms with E-state index in [0.29, 0.717) is 0 Å². The molecule has 19 heavy (non-hydrogen) atoms. The zero-order chi connectivity index (χ0) is 13.1. The van der Waals surface area contributed by atoms with Crippen molar-refractivity contribution in [1.29, 1.82) is 0 Å². The monoisotopic (exact) mass is 335 g/mol. The van der Waals surface area contributed by atoms with Gasteiger partial charge in [-0.15, -0.1) is 11.3 Å². The van der Waals surface area contributed by atoms with Gasteiger partial charge in [-0.3, -0.25) is 0 Å². The zero-order valence-corrected chi connectivity index (χ0v) is 13.3. The number of hydrogen-bond acceptors (Lipinski definition) is 2. The van der Waals surface area contributed by atoms with Gasteiger partial charge in [-0.1, -0.05) is 24.3 Å². The lowest BCUT2D eigenvalue weighted by molar-refractivity contribution is 0.685. The van der Waals surface area contributed by atoms with Crippen molar-refractivity contribution in [2.75, 3.05) is 6.54 Å². The second kappa shape index (κ2) is 6.21. The van der Waals surface area contributed by atoms with E-state index in [1.165, 1.54) is 27.1 Å². The molecule has 0 atom stereocenters. The van der Waals surface area contributed by atoms with Crippen molar-refractivity contribution in [2.45, 2.75) is 31.7 Å². The third-order valence-electron chi connectivity index (χ3n) is 3.56. The molecule has 0 unspecified atom stereocenters. The number of thiophene rings is 1. The Morgan fingerprint density at radius 3 is 2.74 bits per heavy atom. The van der Waals surface area contributed by atoms with Crippen LogP contribution in [0.4, 0.5) is 0 Å². The molecule has 1 aromatic heterocycles. The molecule has 0 saturated heterocycles. The van der Waals surface area contributed by atoms with Crippen molar-refractivity contribution in [3.63, 3.8) is 0 Å². The largest absolute Gasteiger partial charge is 0.312 e. The SMILES string of the molecule is Brc1ccc(CCNCc2ccccc2C2CC2)s1.